The molecule has 1 saturated heterocycles. The third-order valence-corrected chi connectivity index (χ3v) is 3.55. The van der Waals surface area contributed by atoms with Gasteiger partial charge in [0.25, 0.3) is 0 Å². The van der Waals surface area contributed by atoms with Gasteiger partial charge in [-0.25, -0.2) is 0 Å². The van der Waals surface area contributed by atoms with E-state index in [1.54, 1.807) is 18.2 Å². The number of rotatable bonds is 4. The van der Waals surface area contributed by atoms with Crippen LogP contribution in [0.5, 0.6) is 0 Å². The molecule has 20 heavy (non-hydrogen) atoms. The fourth-order valence-corrected chi connectivity index (χ4v) is 2.54. The first-order valence-electron chi connectivity index (χ1n) is 6.90. The van der Waals surface area contributed by atoms with E-state index in [9.17, 15) is 4.79 Å². The fourth-order valence-electron chi connectivity index (χ4n) is 2.54. The molecule has 1 aromatic heterocycles. The van der Waals surface area contributed by atoms with Crippen LogP contribution in [-0.4, -0.2) is 17.2 Å². The number of carbonyl (C=O) groups is 1. The predicted octanol–water partition coefficient (Wildman–Crippen LogP) is 3.64. The van der Waals surface area contributed by atoms with E-state index in [0.717, 1.165) is 31.6 Å². The molecule has 2 aromatic rings. The number of benzene rings is 1. The lowest BCUT2D eigenvalue weighted by atomic mass is 10.2. The highest BCUT2D eigenvalue weighted by atomic mass is 16.3. The van der Waals surface area contributed by atoms with Gasteiger partial charge in [-0.2, -0.15) is 0 Å². The Balaban J connectivity index is 1.74. The van der Waals surface area contributed by atoms with Crippen LogP contribution in [0.15, 0.2) is 64.9 Å². The van der Waals surface area contributed by atoms with Gasteiger partial charge in [0.1, 0.15) is 0 Å². The summed E-state index contributed by atoms with van der Waals surface area (Å²) in [6.45, 7) is 1.87. The Morgan fingerprint density at radius 2 is 2.05 bits per heavy atom. The first-order valence-corrected chi connectivity index (χ1v) is 6.90. The molecule has 3 rings (SSSR count). The highest BCUT2D eigenvalue weighted by Crippen LogP contribution is 2.24. The lowest BCUT2D eigenvalue weighted by molar-refractivity contribution is 0.101. The topological polar surface area (TPSA) is 33.5 Å². The molecule has 0 amide bonds. The van der Waals surface area contributed by atoms with Crippen molar-refractivity contribution in [1.82, 2.24) is 4.90 Å². The molecule has 0 aliphatic carbocycles. The highest BCUT2D eigenvalue weighted by Gasteiger charge is 2.19. The molecule has 2 heterocycles. The van der Waals surface area contributed by atoms with Crippen LogP contribution in [0.1, 0.15) is 29.0 Å². The van der Waals surface area contributed by atoms with Gasteiger partial charge < -0.3 is 9.32 Å². The average Bonchev–Trinajstić information content (AvgIpc) is 3.12. The highest BCUT2D eigenvalue weighted by molar-refractivity contribution is 6.02. The van der Waals surface area contributed by atoms with Gasteiger partial charge in [0.05, 0.1) is 6.26 Å². The van der Waals surface area contributed by atoms with Gasteiger partial charge >= 0.3 is 0 Å². The predicted molar refractivity (Wildman–Crippen MR) is 77.2 cm³/mol. The van der Waals surface area contributed by atoms with Crippen molar-refractivity contribution in [1.29, 1.82) is 0 Å². The van der Waals surface area contributed by atoms with Crippen molar-refractivity contribution in [2.45, 2.75) is 19.4 Å². The maximum absolute atomic E-state index is 12.1. The van der Waals surface area contributed by atoms with Crippen molar-refractivity contribution in [3.63, 3.8) is 0 Å². The van der Waals surface area contributed by atoms with E-state index in [4.69, 9.17) is 4.42 Å². The van der Waals surface area contributed by atoms with Crippen molar-refractivity contribution in [3.05, 3.63) is 71.8 Å². The molecule has 0 spiro atoms. The van der Waals surface area contributed by atoms with Gasteiger partial charge in [-0.05, 0) is 30.5 Å². The number of furan rings is 1. The second kappa shape index (κ2) is 5.78. The fraction of sp³-hybridized carbons (Fsp3) is 0.235. The molecule has 1 fully saturated rings. The molecule has 0 N–H and O–H groups in total. The number of nitrogens with zero attached hydrogens (tertiary/aromatic N) is 1. The third kappa shape index (κ3) is 2.82. The Kier molecular flexibility index (Phi) is 3.68. The summed E-state index contributed by atoms with van der Waals surface area (Å²) in [5.74, 6) is 0.356. The van der Waals surface area contributed by atoms with Crippen molar-refractivity contribution in [2.24, 2.45) is 0 Å². The van der Waals surface area contributed by atoms with Crippen LogP contribution in [0.2, 0.25) is 0 Å². The van der Waals surface area contributed by atoms with Gasteiger partial charge in [0.15, 0.2) is 5.76 Å². The van der Waals surface area contributed by atoms with Crippen LogP contribution < -0.4 is 0 Å². The minimum absolute atomic E-state index is 0.0510. The molecule has 3 nitrogen and oxygen atoms in total. The summed E-state index contributed by atoms with van der Waals surface area (Å²) in [7, 11) is 0. The smallest absolute Gasteiger partial charge is 0.222 e. The number of ketones is 1. The molecular formula is C17H17NO2. The monoisotopic (exact) mass is 267 g/mol. The van der Waals surface area contributed by atoms with E-state index in [1.165, 1.54) is 11.8 Å². The first-order chi connectivity index (χ1) is 9.83. The lowest BCUT2D eigenvalue weighted by Crippen LogP contribution is -2.17. The van der Waals surface area contributed by atoms with Crippen LogP contribution in [0.4, 0.5) is 0 Å². The van der Waals surface area contributed by atoms with Gasteiger partial charge in [-0.15, -0.1) is 0 Å². The second-order valence-corrected chi connectivity index (χ2v) is 4.99. The van der Waals surface area contributed by atoms with E-state index in [-0.39, 0.29) is 5.78 Å². The molecular weight excluding hydrogens is 250 g/mol. The Labute approximate surface area is 118 Å². The quantitative estimate of drug-likeness (QED) is 0.626. The van der Waals surface area contributed by atoms with Crippen molar-refractivity contribution in [3.8, 4) is 0 Å². The molecule has 0 unspecified atom stereocenters. The maximum atomic E-state index is 12.1. The molecule has 1 aliphatic rings. The number of hydrogen-bond acceptors (Lipinski definition) is 3. The zero-order valence-electron chi connectivity index (χ0n) is 11.3. The maximum Gasteiger partial charge on any atom is 0.222 e. The molecule has 0 bridgehead atoms. The zero-order valence-corrected chi connectivity index (χ0v) is 11.3. The summed E-state index contributed by atoms with van der Waals surface area (Å²) in [6.07, 6.45) is 5.31. The number of allylic oxidation sites excluding steroid dienone is 2. The van der Waals surface area contributed by atoms with Crippen molar-refractivity contribution in [2.75, 3.05) is 6.54 Å². The number of carbonyl (C=O) groups excluding carboxylic acids is 1. The summed E-state index contributed by atoms with van der Waals surface area (Å²) in [5.41, 5.74) is 2.38. The minimum Gasteiger partial charge on any atom is -0.461 e. The largest absolute Gasteiger partial charge is 0.461 e. The van der Waals surface area contributed by atoms with Gasteiger partial charge in [-0.3, -0.25) is 4.79 Å². The molecule has 0 saturated carbocycles. The van der Waals surface area contributed by atoms with E-state index >= 15 is 0 Å². The molecule has 102 valence electrons. The Morgan fingerprint density at radius 1 is 1.20 bits per heavy atom. The van der Waals surface area contributed by atoms with E-state index in [0.29, 0.717) is 5.76 Å². The lowest BCUT2D eigenvalue weighted by Gasteiger charge is -2.19. The van der Waals surface area contributed by atoms with Crippen LogP contribution in [0.25, 0.3) is 0 Å². The van der Waals surface area contributed by atoms with Gasteiger partial charge in [0, 0.05) is 24.9 Å². The van der Waals surface area contributed by atoms with E-state index in [1.807, 2.05) is 18.2 Å². The average molecular weight is 267 g/mol. The molecule has 3 heteroatoms. The molecule has 1 aromatic carbocycles. The van der Waals surface area contributed by atoms with Gasteiger partial charge in [0.2, 0.25) is 5.78 Å². The van der Waals surface area contributed by atoms with Crippen LogP contribution in [-0.2, 0) is 6.54 Å². The van der Waals surface area contributed by atoms with E-state index < -0.39 is 0 Å². The summed E-state index contributed by atoms with van der Waals surface area (Å²) >= 11 is 0. The molecule has 1 aliphatic heterocycles. The Hall–Kier alpha value is -2.29. The summed E-state index contributed by atoms with van der Waals surface area (Å²) in [4.78, 5) is 14.3. The standard InChI is InChI=1S/C17H17NO2/c19-16(17-9-5-11-20-17)12-15-8-4-10-18(15)13-14-6-2-1-3-7-14/h1-3,5-7,9,11-12H,4,8,10,13H2/b15-12-. The van der Waals surface area contributed by atoms with Crippen LogP contribution in [0, 0.1) is 0 Å². The first kappa shape index (κ1) is 12.7. The van der Waals surface area contributed by atoms with E-state index in [2.05, 4.69) is 17.0 Å². The molecule has 0 radical (unpaired) electrons. The van der Waals surface area contributed by atoms with Crippen LogP contribution >= 0.6 is 0 Å². The van der Waals surface area contributed by atoms with Crippen molar-refractivity contribution < 1.29 is 9.21 Å². The SMILES string of the molecule is O=C(/C=C1/CCCN1Cc1ccccc1)c1ccco1. The zero-order chi connectivity index (χ0) is 13.8. The van der Waals surface area contributed by atoms with Gasteiger partial charge in [-0.1, -0.05) is 30.3 Å². The normalized spacial score (nSPS) is 16.8. The summed E-state index contributed by atoms with van der Waals surface area (Å²) in [5, 5.41) is 0. The summed E-state index contributed by atoms with van der Waals surface area (Å²) in [6, 6.07) is 13.8. The third-order valence-electron chi connectivity index (χ3n) is 3.55. The number of hydrogen-bond donors (Lipinski definition) is 0. The Morgan fingerprint density at radius 3 is 2.80 bits per heavy atom. The minimum atomic E-state index is -0.0510. The summed E-state index contributed by atoms with van der Waals surface area (Å²) < 4.78 is 5.15. The second-order valence-electron chi connectivity index (χ2n) is 4.99. The van der Waals surface area contributed by atoms with Crippen LogP contribution in [0.3, 0.4) is 0 Å². The van der Waals surface area contributed by atoms with Crippen molar-refractivity contribution >= 4 is 5.78 Å². The Bertz CT molecular complexity index is 599. The molecule has 0 atom stereocenters. The number of likely N-dealkylation sites (tertiary alicyclic amines) is 1.